The van der Waals surface area contributed by atoms with E-state index >= 15 is 0 Å². The number of aromatic nitrogens is 2. The van der Waals surface area contributed by atoms with Crippen LogP contribution < -0.4 is 11.1 Å². The number of amides is 1. The first-order valence-electron chi connectivity index (χ1n) is 14.7. The molecule has 46 heavy (non-hydrogen) atoms. The number of fused-ring (bicyclic) bond motifs is 6. The van der Waals surface area contributed by atoms with Gasteiger partial charge in [0.2, 0.25) is 0 Å². The van der Waals surface area contributed by atoms with Crippen molar-refractivity contribution in [3.8, 4) is 0 Å². The third kappa shape index (κ3) is 5.34. The number of aryl methyl sites for hydroxylation is 2. The van der Waals surface area contributed by atoms with Gasteiger partial charge in [0, 0.05) is 97.9 Å². The lowest BCUT2D eigenvalue weighted by Gasteiger charge is -2.06. The van der Waals surface area contributed by atoms with Gasteiger partial charge in [0.15, 0.2) is 0 Å². The molecule has 3 N–H and O–H groups in total. The maximum Gasteiger partial charge on any atom is 0.270 e. The van der Waals surface area contributed by atoms with Crippen molar-refractivity contribution in [1.82, 2.24) is 9.13 Å². The van der Waals surface area contributed by atoms with Gasteiger partial charge in [0.25, 0.3) is 17.3 Å². The lowest BCUT2D eigenvalue weighted by Crippen LogP contribution is -2.11. The Kier molecular flexibility index (Phi) is 7.81. The maximum atomic E-state index is 12.4. The Morgan fingerprint density at radius 3 is 1.61 bits per heavy atom. The third-order valence-electron chi connectivity index (χ3n) is 8.07. The fourth-order valence-corrected chi connectivity index (χ4v) is 5.98. The Balaban J connectivity index is 0.000000172. The Morgan fingerprint density at radius 2 is 1.11 bits per heavy atom. The predicted octanol–water partition coefficient (Wildman–Crippen LogP) is 8.28. The van der Waals surface area contributed by atoms with Crippen LogP contribution in [-0.4, -0.2) is 24.9 Å². The van der Waals surface area contributed by atoms with Crippen LogP contribution in [-0.2, 0) is 13.1 Å². The fraction of sp³-hybridized carbons (Fsp3) is 0.114. The van der Waals surface area contributed by atoms with E-state index in [1.54, 1.807) is 36.4 Å². The van der Waals surface area contributed by atoms with Crippen LogP contribution >= 0.6 is 0 Å². The molecule has 0 saturated carbocycles. The zero-order chi connectivity index (χ0) is 32.5. The molecule has 11 nitrogen and oxygen atoms in total. The quantitative estimate of drug-likeness (QED) is 0.109. The molecule has 11 heteroatoms. The van der Waals surface area contributed by atoms with Gasteiger partial charge in [0.05, 0.1) is 9.85 Å². The molecule has 0 bridgehead atoms. The van der Waals surface area contributed by atoms with Gasteiger partial charge in [-0.15, -0.1) is 0 Å². The number of carbonyl (C=O) groups is 1. The summed E-state index contributed by atoms with van der Waals surface area (Å²) in [5.74, 6) is -0.194. The minimum Gasteiger partial charge on any atom is -0.399 e. The largest absolute Gasteiger partial charge is 0.399 e. The lowest BCUT2D eigenvalue weighted by atomic mass is 10.1. The Hall–Kier alpha value is -6.23. The molecular formula is C35H30N6O5. The van der Waals surface area contributed by atoms with E-state index < -0.39 is 4.92 Å². The van der Waals surface area contributed by atoms with Gasteiger partial charge in [-0.25, -0.2) is 0 Å². The number of carbonyl (C=O) groups excluding carboxylic acids is 1. The Morgan fingerprint density at radius 1 is 0.652 bits per heavy atom. The van der Waals surface area contributed by atoms with Crippen molar-refractivity contribution < 1.29 is 14.6 Å². The standard InChI is InChI=1S/C21H17N3O3.C14H13N3O2/c1-2-23-19-10-8-15(22-21(25)14-6-4-3-5-7-14)12-17(19)18-13-16(24(26)27)9-11-20(18)23;1-2-16-13-5-3-9(15)7-11(13)12-8-10(17(18)19)4-6-14(12)16/h3-13H,2H2,1H3,(H,22,25);3-8H,2,15H2,1H3. The Bertz CT molecular complexity index is 2310. The zero-order valence-corrected chi connectivity index (χ0v) is 25.1. The summed E-state index contributed by atoms with van der Waals surface area (Å²) in [7, 11) is 0. The highest BCUT2D eigenvalue weighted by Gasteiger charge is 2.16. The van der Waals surface area contributed by atoms with E-state index in [0.29, 0.717) is 16.9 Å². The van der Waals surface area contributed by atoms with Gasteiger partial charge in [-0.1, -0.05) is 18.2 Å². The number of hydrogen-bond donors (Lipinski definition) is 2. The summed E-state index contributed by atoms with van der Waals surface area (Å²) >= 11 is 0. The van der Waals surface area contributed by atoms with Crippen LogP contribution in [0.5, 0.6) is 0 Å². The first-order chi connectivity index (χ1) is 22.2. The molecule has 0 radical (unpaired) electrons. The number of nitro groups is 2. The van der Waals surface area contributed by atoms with Crippen LogP contribution in [0.1, 0.15) is 24.2 Å². The molecule has 7 rings (SSSR count). The second-order valence-electron chi connectivity index (χ2n) is 10.7. The molecule has 0 unspecified atom stereocenters. The molecule has 2 heterocycles. The van der Waals surface area contributed by atoms with Crippen LogP contribution in [0.3, 0.4) is 0 Å². The molecule has 2 aromatic heterocycles. The second-order valence-corrected chi connectivity index (χ2v) is 10.7. The van der Waals surface area contributed by atoms with Crippen LogP contribution in [0.15, 0.2) is 103 Å². The monoisotopic (exact) mass is 614 g/mol. The molecule has 230 valence electrons. The number of nitrogens with two attached hydrogens (primary N) is 1. The van der Waals surface area contributed by atoms with E-state index in [4.69, 9.17) is 5.73 Å². The van der Waals surface area contributed by atoms with Gasteiger partial charge >= 0.3 is 0 Å². The average Bonchev–Trinajstić information content (AvgIpc) is 3.55. The summed E-state index contributed by atoms with van der Waals surface area (Å²) in [5, 5.41) is 28.5. The summed E-state index contributed by atoms with van der Waals surface area (Å²) in [6.45, 7) is 5.64. The van der Waals surface area contributed by atoms with E-state index in [1.807, 2.05) is 61.5 Å². The van der Waals surface area contributed by atoms with Gasteiger partial charge < -0.3 is 20.2 Å². The number of nitrogens with zero attached hydrogens (tertiary/aromatic N) is 4. The molecule has 0 spiro atoms. The van der Waals surface area contributed by atoms with Gasteiger partial charge in [-0.3, -0.25) is 25.0 Å². The lowest BCUT2D eigenvalue weighted by molar-refractivity contribution is -0.384. The van der Waals surface area contributed by atoms with Crippen molar-refractivity contribution in [3.63, 3.8) is 0 Å². The molecule has 0 aliphatic rings. The molecule has 1 amide bonds. The molecule has 0 aliphatic heterocycles. The van der Waals surface area contributed by atoms with Crippen molar-refractivity contribution in [1.29, 1.82) is 0 Å². The number of non-ortho nitro benzene ring substituents is 2. The molecule has 7 aromatic rings. The van der Waals surface area contributed by atoms with Crippen molar-refractivity contribution in [2.24, 2.45) is 0 Å². The normalized spacial score (nSPS) is 11.1. The van der Waals surface area contributed by atoms with Crippen LogP contribution in [0.4, 0.5) is 22.7 Å². The number of hydrogen-bond acceptors (Lipinski definition) is 6. The highest BCUT2D eigenvalue weighted by atomic mass is 16.6. The van der Waals surface area contributed by atoms with Crippen LogP contribution in [0, 0.1) is 20.2 Å². The highest BCUT2D eigenvalue weighted by Crippen LogP contribution is 2.34. The molecule has 5 aromatic carbocycles. The SMILES string of the molecule is CCn1c2ccc(N)cc2c2cc([N+](=O)[O-])ccc21.CCn1c2ccc(NC(=O)c3ccccc3)cc2c2cc([N+](=O)[O-])ccc21. The van der Waals surface area contributed by atoms with Gasteiger partial charge in [0.1, 0.15) is 0 Å². The van der Waals surface area contributed by atoms with Gasteiger partial charge in [-0.2, -0.15) is 0 Å². The first kappa shape index (κ1) is 29.8. The number of nitrogens with one attached hydrogen (secondary N) is 1. The van der Waals surface area contributed by atoms with E-state index in [9.17, 15) is 25.0 Å². The van der Waals surface area contributed by atoms with Crippen molar-refractivity contribution >= 4 is 72.3 Å². The molecule has 0 atom stereocenters. The molecule has 0 aliphatic carbocycles. The van der Waals surface area contributed by atoms with Crippen LogP contribution in [0.2, 0.25) is 0 Å². The van der Waals surface area contributed by atoms with E-state index in [2.05, 4.69) is 21.4 Å². The summed E-state index contributed by atoms with van der Waals surface area (Å²) in [4.78, 5) is 33.7. The van der Waals surface area contributed by atoms with Gasteiger partial charge in [-0.05, 0) is 74.5 Å². The average molecular weight is 615 g/mol. The second kappa shape index (κ2) is 12.0. The number of benzene rings is 5. The fourth-order valence-electron chi connectivity index (χ4n) is 5.98. The van der Waals surface area contributed by atoms with Crippen molar-refractivity contribution in [2.75, 3.05) is 11.1 Å². The summed E-state index contributed by atoms with van der Waals surface area (Å²) in [6.07, 6.45) is 0. The summed E-state index contributed by atoms with van der Waals surface area (Å²) < 4.78 is 4.24. The minimum atomic E-state index is -0.393. The third-order valence-corrected chi connectivity index (χ3v) is 8.07. The molecule has 0 fully saturated rings. The maximum absolute atomic E-state index is 12.4. The zero-order valence-electron chi connectivity index (χ0n) is 25.1. The van der Waals surface area contributed by atoms with Crippen LogP contribution in [0.25, 0.3) is 43.6 Å². The number of nitro benzene ring substituents is 2. The van der Waals surface area contributed by atoms with E-state index in [0.717, 1.165) is 56.7 Å². The molecule has 0 saturated heterocycles. The van der Waals surface area contributed by atoms with Crippen molar-refractivity contribution in [2.45, 2.75) is 26.9 Å². The summed E-state index contributed by atoms with van der Waals surface area (Å²) in [6, 6.07) is 30.1. The molecular weight excluding hydrogens is 584 g/mol. The smallest absolute Gasteiger partial charge is 0.270 e. The van der Waals surface area contributed by atoms with E-state index in [1.165, 1.54) is 12.1 Å². The summed E-state index contributed by atoms with van der Waals surface area (Å²) in [5.41, 5.74) is 11.8. The number of anilines is 2. The van der Waals surface area contributed by atoms with Crippen molar-refractivity contribution in [3.05, 3.63) is 129 Å². The first-order valence-corrected chi connectivity index (χ1v) is 14.7. The van der Waals surface area contributed by atoms with E-state index in [-0.39, 0.29) is 22.2 Å². The topological polar surface area (TPSA) is 151 Å². The minimum absolute atomic E-state index is 0.0522. The Labute approximate surface area is 262 Å². The highest BCUT2D eigenvalue weighted by molar-refractivity contribution is 6.12. The number of nitrogen functional groups attached to an aromatic ring is 1. The number of rotatable bonds is 6. The predicted molar refractivity (Wildman–Crippen MR) is 182 cm³/mol.